The number of carbonyl (C=O) groups excluding carboxylic acids is 2. The molecule has 0 spiro atoms. The summed E-state index contributed by atoms with van der Waals surface area (Å²) >= 11 is 0. The second kappa shape index (κ2) is 13.5. The number of hydrogen-bond donors (Lipinski definition) is 1. The zero-order valence-electron chi connectivity index (χ0n) is 28.2. The summed E-state index contributed by atoms with van der Waals surface area (Å²) in [4.78, 5) is 37.9. The Kier molecular flexibility index (Phi) is 9.98. The summed E-state index contributed by atoms with van der Waals surface area (Å²) < 4.78 is 96.5. The first-order valence-electron chi connectivity index (χ1n) is 15.9. The van der Waals surface area contributed by atoms with Gasteiger partial charge in [0.25, 0.3) is 0 Å². The highest BCUT2D eigenvalue weighted by Crippen LogP contribution is 2.41. The molecule has 270 valence electrons. The van der Waals surface area contributed by atoms with Gasteiger partial charge in [0.15, 0.2) is 0 Å². The quantitative estimate of drug-likeness (QED) is 0.322. The molecule has 50 heavy (non-hydrogen) atoms. The lowest BCUT2D eigenvalue weighted by Crippen LogP contribution is -2.66. The maximum Gasteiger partial charge on any atom is 0.416 e. The molecule has 0 saturated carbocycles. The minimum atomic E-state index is -5.10. The van der Waals surface area contributed by atoms with Gasteiger partial charge in [0.05, 0.1) is 41.1 Å². The number of hydrogen-bond acceptors (Lipinski definition) is 6. The third kappa shape index (κ3) is 7.29. The largest absolute Gasteiger partial charge is 0.416 e. The summed E-state index contributed by atoms with van der Waals surface area (Å²) in [5.74, 6) is -0.971. The fraction of sp³-hybridized carbons (Fsp3) is 0.457. The standard InChI is InChI=1S/C35H38F7N5O3/c1-20-10-25(36)6-7-28(20)29-14-31(47-18-26-16-45(21(2)49)8-9-46(26)17-27(47)19-48)43-15-30(29)44(5)32(50)33(3,4)22-11-23(34(37,38)39)13-24(12-22)35(40,41)42/h6-7,10-15,26-27,48H,8-9,16-19H2,1-5H3. The first kappa shape index (κ1) is 37.0. The third-order valence-electron chi connectivity index (χ3n) is 9.71. The first-order chi connectivity index (χ1) is 23.2. The summed E-state index contributed by atoms with van der Waals surface area (Å²) in [6, 6.07) is 6.35. The van der Waals surface area contributed by atoms with Gasteiger partial charge in [-0.15, -0.1) is 0 Å². The Hall–Kier alpha value is -4.24. The molecule has 2 aliphatic heterocycles. The number of alkyl halides is 6. The van der Waals surface area contributed by atoms with Crippen molar-refractivity contribution in [1.29, 1.82) is 0 Å². The van der Waals surface area contributed by atoms with Crippen LogP contribution in [0.4, 0.5) is 42.2 Å². The molecule has 2 atom stereocenters. The number of carbonyl (C=O) groups is 2. The van der Waals surface area contributed by atoms with Crippen LogP contribution < -0.4 is 9.80 Å². The van der Waals surface area contributed by atoms with E-state index in [9.17, 15) is 45.4 Å². The number of pyridine rings is 1. The van der Waals surface area contributed by atoms with Gasteiger partial charge in [-0.25, -0.2) is 9.37 Å². The average molecular weight is 710 g/mol. The van der Waals surface area contributed by atoms with E-state index in [4.69, 9.17) is 0 Å². The number of piperazine rings is 2. The van der Waals surface area contributed by atoms with Crippen molar-refractivity contribution in [1.82, 2.24) is 14.8 Å². The topological polar surface area (TPSA) is 80.2 Å². The van der Waals surface area contributed by atoms with Gasteiger partial charge in [0.2, 0.25) is 11.8 Å². The number of aromatic nitrogens is 1. The lowest BCUT2D eigenvalue weighted by molar-refractivity contribution is -0.143. The SMILES string of the molecule is CC(=O)N1CCN2CC(CO)N(c3cc(-c4ccc(F)cc4C)c(N(C)C(=O)C(C)(C)c4cc(C(F)(F)F)cc(C(F)(F)F)c4)cn3)CC2C1. The number of fused-ring (bicyclic) bond motifs is 1. The van der Waals surface area contributed by atoms with E-state index in [-0.39, 0.29) is 36.4 Å². The molecule has 1 N–H and O–H groups in total. The Morgan fingerprint density at radius 1 is 0.900 bits per heavy atom. The van der Waals surface area contributed by atoms with E-state index in [2.05, 4.69) is 9.88 Å². The van der Waals surface area contributed by atoms with E-state index < -0.39 is 46.2 Å². The molecule has 3 heterocycles. The van der Waals surface area contributed by atoms with Crippen LogP contribution >= 0.6 is 0 Å². The highest BCUT2D eigenvalue weighted by atomic mass is 19.4. The summed E-state index contributed by atoms with van der Waals surface area (Å²) in [7, 11) is 1.34. The van der Waals surface area contributed by atoms with Crippen molar-refractivity contribution in [2.75, 3.05) is 56.2 Å². The fourth-order valence-electron chi connectivity index (χ4n) is 6.75. The van der Waals surface area contributed by atoms with Crippen LogP contribution in [0.25, 0.3) is 11.1 Å². The zero-order valence-corrected chi connectivity index (χ0v) is 28.2. The van der Waals surface area contributed by atoms with Crippen LogP contribution in [0.3, 0.4) is 0 Å². The molecule has 2 amide bonds. The smallest absolute Gasteiger partial charge is 0.394 e. The average Bonchev–Trinajstić information content (AvgIpc) is 3.05. The van der Waals surface area contributed by atoms with E-state index in [1.165, 1.54) is 52.2 Å². The normalized spacial score (nSPS) is 19.0. The first-order valence-corrected chi connectivity index (χ1v) is 15.9. The van der Waals surface area contributed by atoms with Gasteiger partial charge in [0.1, 0.15) is 11.6 Å². The number of aliphatic hydroxyl groups excluding tert-OH is 1. The number of rotatable bonds is 6. The lowest BCUT2D eigenvalue weighted by atomic mass is 9.81. The van der Waals surface area contributed by atoms with Crippen molar-refractivity contribution in [3.8, 4) is 11.1 Å². The van der Waals surface area contributed by atoms with Crippen LogP contribution in [0.1, 0.15) is 43.0 Å². The number of aliphatic hydroxyl groups is 1. The fourth-order valence-corrected chi connectivity index (χ4v) is 6.75. The van der Waals surface area contributed by atoms with Gasteiger partial charge in [-0.3, -0.25) is 14.5 Å². The van der Waals surface area contributed by atoms with Crippen LogP contribution in [0.2, 0.25) is 0 Å². The van der Waals surface area contributed by atoms with E-state index in [1.807, 2.05) is 4.90 Å². The van der Waals surface area contributed by atoms with Gasteiger partial charge < -0.3 is 19.8 Å². The highest BCUT2D eigenvalue weighted by Gasteiger charge is 2.42. The molecule has 15 heteroatoms. The van der Waals surface area contributed by atoms with Gasteiger partial charge in [-0.2, -0.15) is 26.3 Å². The van der Waals surface area contributed by atoms with Crippen LogP contribution in [-0.4, -0.2) is 90.2 Å². The Balaban J connectivity index is 1.58. The van der Waals surface area contributed by atoms with Crippen LogP contribution in [-0.2, 0) is 27.4 Å². The van der Waals surface area contributed by atoms with Crippen LogP contribution in [0.5, 0.6) is 0 Å². The van der Waals surface area contributed by atoms with E-state index >= 15 is 0 Å². The number of likely N-dealkylation sites (N-methyl/N-ethyl adjacent to an activating group) is 1. The van der Waals surface area contributed by atoms with E-state index in [0.29, 0.717) is 67.4 Å². The number of halogens is 7. The summed E-state index contributed by atoms with van der Waals surface area (Å²) in [5, 5.41) is 10.4. The molecule has 2 unspecified atom stereocenters. The summed E-state index contributed by atoms with van der Waals surface area (Å²) in [5.41, 5.74) is -3.90. The number of amides is 2. The number of anilines is 2. The zero-order chi connectivity index (χ0) is 36.9. The Bertz CT molecular complexity index is 1750. The Labute approximate surface area is 285 Å². The lowest BCUT2D eigenvalue weighted by Gasteiger charge is -2.50. The number of nitrogens with zero attached hydrogens (tertiary/aromatic N) is 5. The molecule has 0 aliphatic carbocycles. The van der Waals surface area contributed by atoms with Crippen molar-refractivity contribution in [2.24, 2.45) is 0 Å². The Morgan fingerprint density at radius 3 is 2.08 bits per heavy atom. The Morgan fingerprint density at radius 2 is 1.52 bits per heavy atom. The van der Waals surface area contributed by atoms with Crippen molar-refractivity contribution in [3.05, 3.63) is 76.7 Å². The van der Waals surface area contributed by atoms with E-state index in [0.717, 1.165) is 4.90 Å². The van der Waals surface area contributed by atoms with Crippen molar-refractivity contribution < 1.29 is 45.4 Å². The predicted molar refractivity (Wildman–Crippen MR) is 173 cm³/mol. The summed E-state index contributed by atoms with van der Waals surface area (Å²) in [6.07, 6.45) is -8.83. The molecule has 5 rings (SSSR count). The number of aryl methyl sites for hydroxylation is 1. The molecular formula is C35H38F7N5O3. The maximum atomic E-state index is 14.2. The molecule has 8 nitrogen and oxygen atoms in total. The second-order valence-electron chi connectivity index (χ2n) is 13.4. The molecule has 0 bridgehead atoms. The minimum absolute atomic E-state index is 0.0102. The predicted octanol–water partition coefficient (Wildman–Crippen LogP) is 5.89. The monoisotopic (exact) mass is 709 g/mol. The van der Waals surface area contributed by atoms with Crippen molar-refractivity contribution in [3.63, 3.8) is 0 Å². The van der Waals surface area contributed by atoms with Crippen molar-refractivity contribution in [2.45, 2.75) is 57.5 Å². The van der Waals surface area contributed by atoms with Gasteiger partial charge in [0, 0.05) is 58.3 Å². The molecule has 2 saturated heterocycles. The van der Waals surface area contributed by atoms with Gasteiger partial charge in [-0.05, 0) is 73.9 Å². The molecule has 2 fully saturated rings. The van der Waals surface area contributed by atoms with Crippen molar-refractivity contribution >= 4 is 23.3 Å². The third-order valence-corrected chi connectivity index (χ3v) is 9.71. The summed E-state index contributed by atoms with van der Waals surface area (Å²) in [6.45, 7) is 8.01. The van der Waals surface area contributed by atoms with Gasteiger partial charge in [-0.1, -0.05) is 6.07 Å². The molecule has 0 radical (unpaired) electrons. The molecule has 2 aromatic carbocycles. The van der Waals surface area contributed by atoms with Gasteiger partial charge >= 0.3 is 12.4 Å². The number of benzene rings is 2. The molecular weight excluding hydrogens is 671 g/mol. The minimum Gasteiger partial charge on any atom is -0.394 e. The molecule has 3 aromatic rings. The maximum absolute atomic E-state index is 14.2. The van der Waals surface area contributed by atoms with E-state index in [1.54, 1.807) is 17.9 Å². The molecule has 2 aliphatic rings. The highest BCUT2D eigenvalue weighted by molar-refractivity contribution is 6.03. The molecule has 1 aromatic heterocycles. The second-order valence-corrected chi connectivity index (χ2v) is 13.4. The van der Waals surface area contributed by atoms with Crippen LogP contribution in [0, 0.1) is 12.7 Å². The van der Waals surface area contributed by atoms with Crippen LogP contribution in [0.15, 0.2) is 48.7 Å².